The first-order valence-corrected chi connectivity index (χ1v) is 9.01. The van der Waals surface area contributed by atoms with Crippen molar-refractivity contribution in [2.45, 2.75) is 13.1 Å². The summed E-state index contributed by atoms with van der Waals surface area (Å²) in [4.78, 5) is 20.0. The summed E-state index contributed by atoms with van der Waals surface area (Å²) >= 11 is 0. The van der Waals surface area contributed by atoms with Crippen molar-refractivity contribution in [2.24, 2.45) is 10.2 Å². The molecule has 28 heavy (non-hydrogen) atoms. The maximum Gasteiger partial charge on any atom is 0.251 e. The standard InChI is InChI=1S/C22H19N5O/c28-22(23-15-21-25-19-8-4-5-9-20(19)26-21)17-12-10-16(11-13-17)14-24-27-18-6-2-1-3-7-18/h1-13H,14-15H2,(H,23,28)(H,25,26). The summed E-state index contributed by atoms with van der Waals surface area (Å²) in [5.41, 5.74) is 4.26. The number of hydrogen-bond donors (Lipinski definition) is 2. The second kappa shape index (κ2) is 8.26. The molecule has 1 amide bonds. The molecule has 0 fully saturated rings. The van der Waals surface area contributed by atoms with E-state index in [2.05, 4.69) is 25.5 Å². The Kier molecular flexibility index (Phi) is 5.20. The maximum atomic E-state index is 12.3. The minimum Gasteiger partial charge on any atom is -0.345 e. The van der Waals surface area contributed by atoms with Crippen molar-refractivity contribution >= 4 is 22.6 Å². The van der Waals surface area contributed by atoms with Crippen molar-refractivity contribution in [1.29, 1.82) is 0 Å². The van der Waals surface area contributed by atoms with Gasteiger partial charge in [-0.15, -0.1) is 0 Å². The smallest absolute Gasteiger partial charge is 0.251 e. The molecule has 0 saturated heterocycles. The van der Waals surface area contributed by atoms with Crippen LogP contribution in [0.4, 0.5) is 5.69 Å². The molecule has 0 atom stereocenters. The first kappa shape index (κ1) is 17.6. The Hall–Kier alpha value is -3.80. The number of aromatic amines is 1. The Morgan fingerprint density at radius 2 is 1.68 bits per heavy atom. The molecule has 0 bridgehead atoms. The van der Waals surface area contributed by atoms with Crippen LogP contribution < -0.4 is 5.32 Å². The normalized spacial score (nSPS) is 11.1. The molecule has 0 saturated carbocycles. The molecular weight excluding hydrogens is 350 g/mol. The molecule has 0 unspecified atom stereocenters. The number of benzene rings is 3. The van der Waals surface area contributed by atoms with Gasteiger partial charge >= 0.3 is 0 Å². The lowest BCUT2D eigenvalue weighted by Gasteiger charge is -2.04. The zero-order valence-corrected chi connectivity index (χ0v) is 15.2. The van der Waals surface area contributed by atoms with E-state index >= 15 is 0 Å². The number of nitrogens with zero attached hydrogens (tertiary/aromatic N) is 3. The molecule has 0 spiro atoms. The largest absolute Gasteiger partial charge is 0.345 e. The highest BCUT2D eigenvalue weighted by atomic mass is 16.1. The zero-order chi connectivity index (χ0) is 19.2. The fourth-order valence-electron chi connectivity index (χ4n) is 2.81. The SMILES string of the molecule is O=C(NCc1nc2ccccc2[nH]1)c1ccc(CN=Nc2ccccc2)cc1. The van der Waals surface area contributed by atoms with Crippen LogP contribution in [0.1, 0.15) is 21.7 Å². The first-order valence-electron chi connectivity index (χ1n) is 9.01. The zero-order valence-electron chi connectivity index (χ0n) is 15.2. The lowest BCUT2D eigenvalue weighted by atomic mass is 10.1. The van der Waals surface area contributed by atoms with E-state index in [0.29, 0.717) is 18.7 Å². The van der Waals surface area contributed by atoms with Gasteiger partial charge in [-0.2, -0.15) is 10.2 Å². The number of rotatable bonds is 6. The third-order valence-electron chi connectivity index (χ3n) is 4.27. The van der Waals surface area contributed by atoms with Crippen LogP contribution in [0, 0.1) is 0 Å². The number of para-hydroxylation sites is 2. The van der Waals surface area contributed by atoms with Crippen LogP contribution in [-0.2, 0) is 13.1 Å². The van der Waals surface area contributed by atoms with Gasteiger partial charge in [-0.1, -0.05) is 42.5 Å². The van der Waals surface area contributed by atoms with Crippen molar-refractivity contribution < 1.29 is 4.79 Å². The highest BCUT2D eigenvalue weighted by molar-refractivity contribution is 5.94. The summed E-state index contributed by atoms with van der Waals surface area (Å²) < 4.78 is 0. The lowest BCUT2D eigenvalue weighted by molar-refractivity contribution is 0.0950. The van der Waals surface area contributed by atoms with Crippen molar-refractivity contribution in [3.8, 4) is 0 Å². The minimum absolute atomic E-state index is 0.141. The Morgan fingerprint density at radius 3 is 2.46 bits per heavy atom. The van der Waals surface area contributed by atoms with E-state index in [1.807, 2.05) is 66.7 Å². The van der Waals surface area contributed by atoms with Crippen LogP contribution in [0.3, 0.4) is 0 Å². The summed E-state index contributed by atoms with van der Waals surface area (Å²) in [6.07, 6.45) is 0. The molecule has 0 aliphatic carbocycles. The third kappa shape index (κ3) is 4.29. The molecule has 2 N–H and O–H groups in total. The number of carbonyl (C=O) groups is 1. The number of fused-ring (bicyclic) bond motifs is 1. The van der Waals surface area contributed by atoms with Gasteiger partial charge in [0.2, 0.25) is 0 Å². The number of imidazole rings is 1. The van der Waals surface area contributed by atoms with Gasteiger partial charge < -0.3 is 10.3 Å². The van der Waals surface area contributed by atoms with Gasteiger partial charge in [0.25, 0.3) is 5.91 Å². The molecule has 4 aromatic rings. The van der Waals surface area contributed by atoms with E-state index in [1.54, 1.807) is 12.1 Å². The molecule has 0 aliphatic rings. The van der Waals surface area contributed by atoms with Crippen LogP contribution in [0.5, 0.6) is 0 Å². The van der Waals surface area contributed by atoms with Crippen LogP contribution in [0.2, 0.25) is 0 Å². The highest BCUT2D eigenvalue weighted by Crippen LogP contribution is 2.13. The molecule has 3 aromatic carbocycles. The quantitative estimate of drug-likeness (QED) is 0.480. The van der Waals surface area contributed by atoms with E-state index in [-0.39, 0.29) is 5.91 Å². The summed E-state index contributed by atoms with van der Waals surface area (Å²) in [6, 6.07) is 24.7. The van der Waals surface area contributed by atoms with Gasteiger partial charge in [0.05, 0.1) is 29.8 Å². The fraction of sp³-hybridized carbons (Fsp3) is 0.0909. The Bertz CT molecular complexity index is 1070. The molecule has 0 aliphatic heterocycles. The second-order valence-corrected chi connectivity index (χ2v) is 6.32. The van der Waals surface area contributed by atoms with Crippen LogP contribution in [-0.4, -0.2) is 15.9 Å². The molecule has 138 valence electrons. The summed E-state index contributed by atoms with van der Waals surface area (Å²) in [7, 11) is 0. The van der Waals surface area contributed by atoms with Crippen LogP contribution >= 0.6 is 0 Å². The Labute approximate surface area is 162 Å². The summed E-state index contributed by atoms with van der Waals surface area (Å²) in [5.74, 6) is 0.588. The van der Waals surface area contributed by atoms with Crippen LogP contribution in [0.15, 0.2) is 89.1 Å². The minimum atomic E-state index is -0.141. The third-order valence-corrected chi connectivity index (χ3v) is 4.27. The van der Waals surface area contributed by atoms with Gasteiger partial charge in [0.1, 0.15) is 5.82 Å². The van der Waals surface area contributed by atoms with Crippen molar-refractivity contribution in [3.63, 3.8) is 0 Å². The van der Waals surface area contributed by atoms with E-state index in [4.69, 9.17) is 0 Å². The Morgan fingerprint density at radius 1 is 0.929 bits per heavy atom. The number of H-pyrrole nitrogens is 1. The summed E-state index contributed by atoms with van der Waals surface area (Å²) in [5, 5.41) is 11.3. The van der Waals surface area contributed by atoms with Gasteiger partial charge in [-0.25, -0.2) is 4.98 Å². The fourth-order valence-corrected chi connectivity index (χ4v) is 2.81. The second-order valence-electron chi connectivity index (χ2n) is 6.32. The van der Waals surface area contributed by atoms with E-state index < -0.39 is 0 Å². The van der Waals surface area contributed by atoms with Gasteiger partial charge in [0.15, 0.2) is 0 Å². The molecular formula is C22H19N5O. The van der Waals surface area contributed by atoms with E-state index in [9.17, 15) is 4.79 Å². The van der Waals surface area contributed by atoms with Gasteiger partial charge in [0, 0.05) is 5.56 Å². The van der Waals surface area contributed by atoms with Crippen LogP contribution in [0.25, 0.3) is 11.0 Å². The monoisotopic (exact) mass is 369 g/mol. The van der Waals surface area contributed by atoms with E-state index in [0.717, 1.165) is 28.1 Å². The number of amides is 1. The first-order chi connectivity index (χ1) is 13.8. The molecule has 6 heteroatoms. The number of nitrogens with one attached hydrogen (secondary N) is 2. The highest BCUT2D eigenvalue weighted by Gasteiger charge is 2.07. The van der Waals surface area contributed by atoms with Gasteiger partial charge in [-0.3, -0.25) is 4.79 Å². The molecule has 6 nitrogen and oxygen atoms in total. The van der Waals surface area contributed by atoms with Crippen molar-refractivity contribution in [1.82, 2.24) is 15.3 Å². The predicted molar refractivity (Wildman–Crippen MR) is 108 cm³/mol. The average Bonchev–Trinajstić information content (AvgIpc) is 3.16. The average molecular weight is 369 g/mol. The lowest BCUT2D eigenvalue weighted by Crippen LogP contribution is -2.23. The molecule has 0 radical (unpaired) electrons. The summed E-state index contributed by atoms with van der Waals surface area (Å²) in [6.45, 7) is 0.816. The molecule has 1 heterocycles. The molecule has 4 rings (SSSR count). The predicted octanol–water partition coefficient (Wildman–Crippen LogP) is 4.78. The van der Waals surface area contributed by atoms with Gasteiger partial charge in [-0.05, 0) is 42.0 Å². The number of azo groups is 1. The van der Waals surface area contributed by atoms with Crippen molar-refractivity contribution in [3.05, 3.63) is 95.8 Å². The Balaban J connectivity index is 1.32. The van der Waals surface area contributed by atoms with Crippen molar-refractivity contribution in [2.75, 3.05) is 0 Å². The van der Waals surface area contributed by atoms with E-state index in [1.165, 1.54) is 0 Å². The number of aromatic nitrogens is 2. The number of carbonyl (C=O) groups excluding carboxylic acids is 1. The molecule has 1 aromatic heterocycles. The topological polar surface area (TPSA) is 82.5 Å². The number of hydrogen-bond acceptors (Lipinski definition) is 4. The maximum absolute atomic E-state index is 12.3.